The van der Waals surface area contributed by atoms with E-state index < -0.39 is 0 Å². The number of benzene rings is 2. The zero-order chi connectivity index (χ0) is 12.9. The van der Waals surface area contributed by atoms with Crippen LogP contribution >= 0.6 is 0 Å². The molecule has 19 heavy (non-hydrogen) atoms. The molecule has 0 amide bonds. The molecule has 0 radical (unpaired) electrons. The standard InChI is InChI=1S/C17H20N2/c1-3-8-14(9-4-1)18-16-12-7-13-17(16)19-15-10-5-2-6-11-15/h1-6,8-11,16-19H,7,12-13H2/t16-,17-/m1/s1. The van der Waals surface area contributed by atoms with Crippen molar-refractivity contribution in [3.05, 3.63) is 60.7 Å². The summed E-state index contributed by atoms with van der Waals surface area (Å²) in [6.45, 7) is 0. The van der Waals surface area contributed by atoms with Gasteiger partial charge in [-0.3, -0.25) is 0 Å². The predicted octanol–water partition coefficient (Wildman–Crippen LogP) is 4.13. The number of anilines is 2. The van der Waals surface area contributed by atoms with Crippen LogP contribution < -0.4 is 10.6 Å². The molecule has 0 heterocycles. The molecule has 2 atom stereocenters. The van der Waals surface area contributed by atoms with Crippen LogP contribution in [0.15, 0.2) is 60.7 Å². The minimum absolute atomic E-state index is 0.516. The molecule has 2 aromatic carbocycles. The van der Waals surface area contributed by atoms with Gasteiger partial charge in [0.15, 0.2) is 0 Å². The van der Waals surface area contributed by atoms with Crippen LogP contribution in [0.3, 0.4) is 0 Å². The van der Waals surface area contributed by atoms with Crippen LogP contribution in [0, 0.1) is 0 Å². The van der Waals surface area contributed by atoms with Crippen molar-refractivity contribution in [1.29, 1.82) is 0 Å². The lowest BCUT2D eigenvalue weighted by Crippen LogP contribution is -2.34. The molecule has 0 unspecified atom stereocenters. The van der Waals surface area contributed by atoms with Gasteiger partial charge < -0.3 is 10.6 Å². The molecule has 1 fully saturated rings. The third-order valence-electron chi connectivity index (χ3n) is 3.77. The molecule has 1 saturated carbocycles. The van der Waals surface area contributed by atoms with Gasteiger partial charge in [-0.25, -0.2) is 0 Å². The Morgan fingerprint density at radius 3 is 1.47 bits per heavy atom. The Morgan fingerprint density at radius 2 is 1.05 bits per heavy atom. The van der Waals surface area contributed by atoms with Gasteiger partial charge in [0.1, 0.15) is 0 Å². The quantitative estimate of drug-likeness (QED) is 0.855. The maximum absolute atomic E-state index is 3.65. The third-order valence-corrected chi connectivity index (χ3v) is 3.77. The highest BCUT2D eigenvalue weighted by atomic mass is 15.0. The molecule has 0 aliphatic heterocycles. The first-order valence-electron chi connectivity index (χ1n) is 7.05. The lowest BCUT2D eigenvalue weighted by atomic mass is 10.1. The Balaban J connectivity index is 1.65. The molecule has 0 bridgehead atoms. The highest BCUT2D eigenvalue weighted by Crippen LogP contribution is 2.26. The van der Waals surface area contributed by atoms with Gasteiger partial charge >= 0.3 is 0 Å². The number of hydrogen-bond acceptors (Lipinski definition) is 2. The molecule has 2 nitrogen and oxygen atoms in total. The zero-order valence-electron chi connectivity index (χ0n) is 11.0. The van der Waals surface area contributed by atoms with Crippen LogP contribution in [-0.4, -0.2) is 12.1 Å². The smallest absolute Gasteiger partial charge is 0.0462 e. The average molecular weight is 252 g/mol. The van der Waals surface area contributed by atoms with Crippen molar-refractivity contribution in [3.63, 3.8) is 0 Å². The Bertz CT molecular complexity index is 448. The molecule has 0 saturated heterocycles. The van der Waals surface area contributed by atoms with E-state index in [9.17, 15) is 0 Å². The lowest BCUT2D eigenvalue weighted by molar-refractivity contribution is 0.677. The van der Waals surface area contributed by atoms with Gasteiger partial charge in [-0.2, -0.15) is 0 Å². The second-order valence-electron chi connectivity index (χ2n) is 5.16. The second kappa shape index (κ2) is 5.79. The van der Waals surface area contributed by atoms with E-state index in [1.807, 2.05) is 0 Å². The van der Waals surface area contributed by atoms with E-state index >= 15 is 0 Å². The summed E-state index contributed by atoms with van der Waals surface area (Å²) in [6, 6.07) is 22.0. The summed E-state index contributed by atoms with van der Waals surface area (Å²) in [5, 5.41) is 7.30. The lowest BCUT2D eigenvalue weighted by Gasteiger charge is -2.24. The van der Waals surface area contributed by atoms with Gasteiger partial charge in [0.2, 0.25) is 0 Å². The van der Waals surface area contributed by atoms with Crippen LogP contribution in [0.5, 0.6) is 0 Å². The topological polar surface area (TPSA) is 24.1 Å². The van der Waals surface area contributed by atoms with E-state index in [2.05, 4.69) is 71.3 Å². The van der Waals surface area contributed by atoms with Crippen molar-refractivity contribution < 1.29 is 0 Å². The fourth-order valence-corrected chi connectivity index (χ4v) is 2.80. The van der Waals surface area contributed by atoms with Gasteiger partial charge in [0.05, 0.1) is 0 Å². The van der Waals surface area contributed by atoms with Crippen molar-refractivity contribution >= 4 is 11.4 Å². The van der Waals surface area contributed by atoms with Gasteiger partial charge in [0.25, 0.3) is 0 Å². The molecule has 0 spiro atoms. The summed E-state index contributed by atoms with van der Waals surface area (Å²) >= 11 is 0. The number of rotatable bonds is 4. The van der Waals surface area contributed by atoms with Crippen LogP contribution in [-0.2, 0) is 0 Å². The fraction of sp³-hybridized carbons (Fsp3) is 0.294. The molecule has 1 aliphatic carbocycles. The van der Waals surface area contributed by atoms with Gasteiger partial charge in [-0.1, -0.05) is 36.4 Å². The first kappa shape index (κ1) is 12.1. The van der Waals surface area contributed by atoms with E-state index in [-0.39, 0.29) is 0 Å². The van der Waals surface area contributed by atoms with E-state index in [1.165, 1.54) is 30.6 Å². The highest BCUT2D eigenvalue weighted by molar-refractivity contribution is 5.47. The van der Waals surface area contributed by atoms with Crippen molar-refractivity contribution in [2.24, 2.45) is 0 Å². The molecule has 98 valence electrons. The van der Waals surface area contributed by atoms with E-state index in [4.69, 9.17) is 0 Å². The summed E-state index contributed by atoms with van der Waals surface area (Å²) in [4.78, 5) is 0. The van der Waals surface area contributed by atoms with E-state index in [0.29, 0.717) is 12.1 Å². The maximum Gasteiger partial charge on any atom is 0.0462 e. The first-order chi connectivity index (χ1) is 9.42. The SMILES string of the molecule is c1ccc(N[C@@H]2CCC[C@H]2Nc2ccccc2)cc1. The molecule has 2 heteroatoms. The zero-order valence-corrected chi connectivity index (χ0v) is 11.0. The molecule has 0 aromatic heterocycles. The van der Waals surface area contributed by atoms with Gasteiger partial charge in [0, 0.05) is 23.5 Å². The molecule has 3 rings (SSSR count). The van der Waals surface area contributed by atoms with E-state index in [0.717, 1.165) is 0 Å². The molecule has 2 N–H and O–H groups in total. The Labute approximate surface area is 114 Å². The predicted molar refractivity (Wildman–Crippen MR) is 81.6 cm³/mol. The van der Waals surface area contributed by atoms with Crippen molar-refractivity contribution in [2.75, 3.05) is 10.6 Å². The van der Waals surface area contributed by atoms with Crippen LogP contribution in [0.4, 0.5) is 11.4 Å². The minimum atomic E-state index is 0.516. The van der Waals surface area contributed by atoms with Crippen molar-refractivity contribution in [2.45, 2.75) is 31.3 Å². The first-order valence-corrected chi connectivity index (χ1v) is 7.05. The number of hydrogen-bond donors (Lipinski definition) is 2. The van der Waals surface area contributed by atoms with Crippen LogP contribution in [0.25, 0.3) is 0 Å². The van der Waals surface area contributed by atoms with Gasteiger partial charge in [-0.05, 0) is 43.5 Å². The Morgan fingerprint density at radius 1 is 0.632 bits per heavy atom. The maximum atomic E-state index is 3.65. The molecule has 2 aromatic rings. The van der Waals surface area contributed by atoms with Crippen molar-refractivity contribution in [3.8, 4) is 0 Å². The highest BCUT2D eigenvalue weighted by Gasteiger charge is 2.26. The summed E-state index contributed by atoms with van der Waals surface area (Å²) in [5.74, 6) is 0. The minimum Gasteiger partial charge on any atom is -0.380 e. The summed E-state index contributed by atoms with van der Waals surface area (Å²) in [7, 11) is 0. The molecular weight excluding hydrogens is 232 g/mol. The normalized spacial score (nSPS) is 22.1. The fourth-order valence-electron chi connectivity index (χ4n) is 2.80. The largest absolute Gasteiger partial charge is 0.380 e. The number of para-hydroxylation sites is 2. The molecule has 1 aliphatic rings. The monoisotopic (exact) mass is 252 g/mol. The summed E-state index contributed by atoms with van der Waals surface area (Å²) in [5.41, 5.74) is 2.43. The van der Waals surface area contributed by atoms with Crippen LogP contribution in [0.1, 0.15) is 19.3 Å². The summed E-state index contributed by atoms with van der Waals surface area (Å²) < 4.78 is 0. The van der Waals surface area contributed by atoms with Crippen LogP contribution in [0.2, 0.25) is 0 Å². The van der Waals surface area contributed by atoms with Crippen molar-refractivity contribution in [1.82, 2.24) is 0 Å². The Hall–Kier alpha value is -1.96. The Kier molecular flexibility index (Phi) is 3.68. The third kappa shape index (κ3) is 3.08. The number of nitrogens with one attached hydrogen (secondary N) is 2. The molecular formula is C17H20N2. The average Bonchev–Trinajstić information content (AvgIpc) is 2.88. The van der Waals surface area contributed by atoms with E-state index in [1.54, 1.807) is 0 Å². The summed E-state index contributed by atoms with van der Waals surface area (Å²) in [6.07, 6.45) is 3.76. The van der Waals surface area contributed by atoms with Gasteiger partial charge in [-0.15, -0.1) is 0 Å². The second-order valence-corrected chi connectivity index (χ2v) is 5.16.